The number of benzene rings is 8. The molecule has 0 atom stereocenters. The quantitative estimate of drug-likeness (QED) is 0.141. The SMILES string of the molecule is C/C=C\C(=C/C)c1ccc(N(c2ccc(-c3ccccc3)cc2)c2ccc(-c3cc4c5ccccc5n(-c5ccccc5)c4c4c3sc3ccccc34)cc2)cc1. The topological polar surface area (TPSA) is 8.17 Å². The van der Waals surface area contributed by atoms with Gasteiger partial charge in [0.05, 0.1) is 11.0 Å². The van der Waals surface area contributed by atoms with Crippen LogP contribution in [0.25, 0.3) is 75.5 Å². The van der Waals surface area contributed by atoms with Crippen LogP contribution in [-0.4, -0.2) is 4.57 Å². The number of allylic oxidation sites excluding steroid dienone is 4. The monoisotopic (exact) mass is 748 g/mol. The van der Waals surface area contributed by atoms with Crippen molar-refractivity contribution in [3.8, 4) is 27.9 Å². The van der Waals surface area contributed by atoms with Crippen LogP contribution in [0.15, 0.2) is 206 Å². The molecule has 8 aromatic carbocycles. The maximum absolute atomic E-state index is 2.46. The van der Waals surface area contributed by atoms with E-state index in [2.05, 4.69) is 230 Å². The number of aromatic nitrogens is 1. The van der Waals surface area contributed by atoms with Crippen molar-refractivity contribution in [3.05, 3.63) is 212 Å². The number of para-hydroxylation sites is 2. The summed E-state index contributed by atoms with van der Waals surface area (Å²) in [4.78, 5) is 2.36. The molecule has 272 valence electrons. The third kappa shape index (κ3) is 6.05. The van der Waals surface area contributed by atoms with Crippen LogP contribution in [0.4, 0.5) is 17.1 Å². The van der Waals surface area contributed by atoms with E-state index >= 15 is 0 Å². The Morgan fingerprint density at radius 3 is 1.75 bits per heavy atom. The maximum atomic E-state index is 2.46. The largest absolute Gasteiger partial charge is 0.311 e. The van der Waals surface area contributed by atoms with Crippen molar-refractivity contribution in [1.82, 2.24) is 4.57 Å². The summed E-state index contributed by atoms with van der Waals surface area (Å²) < 4.78 is 5.07. The average molecular weight is 749 g/mol. The molecule has 10 aromatic rings. The highest BCUT2D eigenvalue weighted by atomic mass is 32.1. The van der Waals surface area contributed by atoms with E-state index in [1.165, 1.54) is 81.1 Å². The Kier molecular flexibility index (Phi) is 8.86. The summed E-state index contributed by atoms with van der Waals surface area (Å²) in [6.45, 7) is 4.16. The molecule has 0 unspecified atom stereocenters. The van der Waals surface area contributed by atoms with E-state index in [-0.39, 0.29) is 0 Å². The van der Waals surface area contributed by atoms with Crippen LogP contribution >= 0.6 is 11.3 Å². The minimum absolute atomic E-state index is 1.10. The lowest BCUT2D eigenvalue weighted by Crippen LogP contribution is -2.10. The molecule has 0 aliphatic rings. The first-order valence-electron chi connectivity index (χ1n) is 19.6. The summed E-state index contributed by atoms with van der Waals surface area (Å²) >= 11 is 1.89. The van der Waals surface area contributed by atoms with Gasteiger partial charge in [-0.1, -0.05) is 140 Å². The van der Waals surface area contributed by atoms with E-state index in [1.54, 1.807) is 0 Å². The molecule has 2 aromatic heterocycles. The maximum Gasteiger partial charge on any atom is 0.0634 e. The summed E-state index contributed by atoms with van der Waals surface area (Å²) in [5.41, 5.74) is 14.3. The van der Waals surface area contributed by atoms with Gasteiger partial charge in [0.15, 0.2) is 0 Å². The smallest absolute Gasteiger partial charge is 0.0634 e. The number of hydrogen-bond donors (Lipinski definition) is 0. The first kappa shape index (κ1) is 34.5. The Hall–Kier alpha value is -6.94. The molecule has 2 nitrogen and oxygen atoms in total. The van der Waals surface area contributed by atoms with E-state index in [0.717, 1.165) is 17.1 Å². The van der Waals surface area contributed by atoms with Gasteiger partial charge in [-0.25, -0.2) is 0 Å². The van der Waals surface area contributed by atoms with Crippen LogP contribution in [0.3, 0.4) is 0 Å². The number of hydrogen-bond acceptors (Lipinski definition) is 2. The van der Waals surface area contributed by atoms with Crippen LogP contribution in [0.2, 0.25) is 0 Å². The highest BCUT2D eigenvalue weighted by Gasteiger charge is 2.22. The number of anilines is 3. The number of nitrogens with zero attached hydrogens (tertiary/aromatic N) is 2. The number of fused-ring (bicyclic) bond motifs is 7. The fourth-order valence-electron chi connectivity index (χ4n) is 8.41. The van der Waals surface area contributed by atoms with Gasteiger partial charge in [-0.3, -0.25) is 0 Å². The fraction of sp³-hybridized carbons (Fsp3) is 0.0370. The lowest BCUT2D eigenvalue weighted by molar-refractivity contribution is 1.19. The second-order valence-corrected chi connectivity index (χ2v) is 15.4. The fourth-order valence-corrected chi connectivity index (χ4v) is 9.65. The predicted molar refractivity (Wildman–Crippen MR) is 248 cm³/mol. The molecule has 0 spiro atoms. The molecule has 3 heteroatoms. The molecule has 0 aliphatic heterocycles. The van der Waals surface area contributed by atoms with Crippen molar-refractivity contribution >= 4 is 76.0 Å². The highest BCUT2D eigenvalue weighted by Crippen LogP contribution is 2.48. The van der Waals surface area contributed by atoms with Crippen LogP contribution < -0.4 is 4.90 Å². The molecule has 0 N–H and O–H groups in total. The van der Waals surface area contributed by atoms with Crippen molar-refractivity contribution in [1.29, 1.82) is 0 Å². The Labute approximate surface area is 337 Å². The van der Waals surface area contributed by atoms with Gasteiger partial charge in [-0.2, -0.15) is 0 Å². The Bertz CT molecular complexity index is 3090. The van der Waals surface area contributed by atoms with Crippen molar-refractivity contribution in [2.75, 3.05) is 4.90 Å². The van der Waals surface area contributed by atoms with Crippen LogP contribution in [0.5, 0.6) is 0 Å². The Morgan fingerprint density at radius 2 is 1.09 bits per heavy atom. The lowest BCUT2D eigenvalue weighted by Gasteiger charge is -2.26. The summed E-state index contributed by atoms with van der Waals surface area (Å²) in [5.74, 6) is 0. The zero-order valence-electron chi connectivity index (χ0n) is 31.9. The van der Waals surface area contributed by atoms with Crippen LogP contribution in [0, 0.1) is 0 Å². The first-order chi connectivity index (χ1) is 28.2. The van der Waals surface area contributed by atoms with Crippen molar-refractivity contribution in [2.45, 2.75) is 13.8 Å². The molecule has 57 heavy (non-hydrogen) atoms. The van der Waals surface area contributed by atoms with Crippen molar-refractivity contribution < 1.29 is 0 Å². The van der Waals surface area contributed by atoms with Gasteiger partial charge in [0.1, 0.15) is 0 Å². The standard InChI is InChI=1S/C54H40N2S/c1-3-15-37(4-2)39-24-30-43(31-25-39)55(44-32-26-40(27-33-44)38-16-7-5-8-17-38)45-34-28-41(29-35-45)48-36-49-46-20-11-13-22-50(46)56(42-18-9-6-10-19-42)53(49)52-47-21-12-14-23-51(47)57-54(48)52/h3-36H,1-2H3/b15-3-,37-4+. The molecular weight excluding hydrogens is 709 g/mol. The predicted octanol–water partition coefficient (Wildman–Crippen LogP) is 15.9. The van der Waals surface area contributed by atoms with Gasteiger partial charge >= 0.3 is 0 Å². The molecule has 2 heterocycles. The normalized spacial score (nSPS) is 12.1. The summed E-state index contributed by atoms with van der Waals surface area (Å²) in [6, 6.07) is 68.5. The van der Waals surface area contributed by atoms with Gasteiger partial charge in [-0.15, -0.1) is 11.3 Å². The second-order valence-electron chi connectivity index (χ2n) is 14.4. The molecular formula is C54H40N2S. The summed E-state index contributed by atoms with van der Waals surface area (Å²) in [6.07, 6.45) is 6.42. The van der Waals surface area contributed by atoms with Gasteiger partial charge in [0, 0.05) is 59.3 Å². The van der Waals surface area contributed by atoms with Gasteiger partial charge in [-0.05, 0) is 108 Å². The van der Waals surface area contributed by atoms with Gasteiger partial charge in [0.2, 0.25) is 0 Å². The lowest BCUT2D eigenvalue weighted by atomic mass is 9.98. The summed E-state index contributed by atoms with van der Waals surface area (Å²) in [5, 5.41) is 5.13. The second kappa shape index (κ2) is 14.6. The Morgan fingerprint density at radius 1 is 0.526 bits per heavy atom. The molecule has 0 fully saturated rings. The van der Waals surface area contributed by atoms with E-state index in [0.29, 0.717) is 0 Å². The molecule has 0 saturated carbocycles. The van der Waals surface area contributed by atoms with Crippen LogP contribution in [0.1, 0.15) is 19.4 Å². The highest BCUT2D eigenvalue weighted by molar-refractivity contribution is 7.26. The van der Waals surface area contributed by atoms with E-state index < -0.39 is 0 Å². The van der Waals surface area contributed by atoms with E-state index in [1.807, 2.05) is 11.3 Å². The minimum Gasteiger partial charge on any atom is -0.311 e. The molecule has 0 radical (unpaired) electrons. The van der Waals surface area contributed by atoms with E-state index in [4.69, 9.17) is 0 Å². The first-order valence-corrected chi connectivity index (χ1v) is 20.4. The molecule has 10 rings (SSSR count). The number of thiophene rings is 1. The van der Waals surface area contributed by atoms with Gasteiger partial charge in [0.25, 0.3) is 0 Å². The van der Waals surface area contributed by atoms with Gasteiger partial charge < -0.3 is 9.47 Å². The third-order valence-electron chi connectivity index (χ3n) is 11.1. The molecule has 0 aliphatic carbocycles. The molecule has 0 saturated heterocycles. The molecule has 0 bridgehead atoms. The third-order valence-corrected chi connectivity index (χ3v) is 12.3. The minimum atomic E-state index is 1.10. The zero-order chi connectivity index (χ0) is 38.3. The average Bonchev–Trinajstić information content (AvgIpc) is 3.83. The number of rotatable bonds is 8. The molecule has 0 amide bonds. The summed E-state index contributed by atoms with van der Waals surface area (Å²) in [7, 11) is 0. The van der Waals surface area contributed by atoms with Crippen molar-refractivity contribution in [2.24, 2.45) is 0 Å². The zero-order valence-corrected chi connectivity index (χ0v) is 32.7. The van der Waals surface area contributed by atoms with Crippen molar-refractivity contribution in [3.63, 3.8) is 0 Å². The Balaban J connectivity index is 1.14. The van der Waals surface area contributed by atoms with E-state index in [9.17, 15) is 0 Å². The van der Waals surface area contributed by atoms with Crippen LogP contribution in [-0.2, 0) is 0 Å².